The van der Waals surface area contributed by atoms with Crippen LogP contribution in [0.15, 0.2) is 29.2 Å². The van der Waals surface area contributed by atoms with Gasteiger partial charge in [-0.1, -0.05) is 39.8 Å². The lowest BCUT2D eigenvalue weighted by atomic mass is 9.87. The van der Waals surface area contributed by atoms with E-state index in [0.717, 1.165) is 12.0 Å². The van der Waals surface area contributed by atoms with Crippen LogP contribution in [0.4, 0.5) is 0 Å². The molecule has 2 rings (SSSR count). The van der Waals surface area contributed by atoms with E-state index in [2.05, 4.69) is 26.1 Å². The topological polar surface area (TPSA) is 80.3 Å². The highest BCUT2D eigenvalue weighted by Gasteiger charge is 2.45. The van der Waals surface area contributed by atoms with Gasteiger partial charge in [0.1, 0.15) is 0 Å². The van der Waals surface area contributed by atoms with E-state index < -0.39 is 31.0 Å². The molecule has 0 radical (unpaired) electrons. The van der Waals surface area contributed by atoms with Crippen LogP contribution in [0.25, 0.3) is 0 Å². The standard InChI is InChI=1S/C17H27NO4S2/c1-5-10-18-15-11-23(19,20)12-16(15)24(21,22)14-8-6-13(7-9-14)17(2,3)4/h6-9,15-16,18H,5,10-12H2,1-4H3/t15-,16-/m0/s1. The van der Waals surface area contributed by atoms with E-state index in [1.807, 2.05) is 19.1 Å². The van der Waals surface area contributed by atoms with E-state index in [4.69, 9.17) is 0 Å². The Bertz CT molecular complexity index is 775. The van der Waals surface area contributed by atoms with Crippen molar-refractivity contribution in [1.82, 2.24) is 5.32 Å². The Morgan fingerprint density at radius 3 is 2.21 bits per heavy atom. The monoisotopic (exact) mass is 373 g/mol. The van der Waals surface area contributed by atoms with Gasteiger partial charge in [0.05, 0.1) is 21.7 Å². The van der Waals surface area contributed by atoms with Gasteiger partial charge in [0.15, 0.2) is 19.7 Å². The zero-order valence-corrected chi connectivity index (χ0v) is 16.4. The summed E-state index contributed by atoms with van der Waals surface area (Å²) in [5.41, 5.74) is 0.977. The minimum atomic E-state index is -3.69. The summed E-state index contributed by atoms with van der Waals surface area (Å²) in [6.07, 6.45) is 0.823. The molecule has 0 bridgehead atoms. The molecule has 1 heterocycles. The van der Waals surface area contributed by atoms with Gasteiger partial charge in [0, 0.05) is 6.04 Å². The molecule has 1 fully saturated rings. The highest BCUT2D eigenvalue weighted by molar-refractivity contribution is 7.96. The maximum atomic E-state index is 13.0. The predicted molar refractivity (Wildman–Crippen MR) is 96.9 cm³/mol. The lowest BCUT2D eigenvalue weighted by Gasteiger charge is -2.21. The predicted octanol–water partition coefficient (Wildman–Crippen LogP) is 1.92. The summed E-state index contributed by atoms with van der Waals surface area (Å²) in [5, 5.41) is 2.17. The van der Waals surface area contributed by atoms with Crippen molar-refractivity contribution in [3.63, 3.8) is 0 Å². The highest BCUT2D eigenvalue weighted by Crippen LogP contribution is 2.28. The Kier molecular flexibility index (Phi) is 5.47. The van der Waals surface area contributed by atoms with Crippen molar-refractivity contribution in [2.24, 2.45) is 0 Å². The molecule has 0 aliphatic carbocycles. The van der Waals surface area contributed by atoms with Crippen LogP contribution in [0.1, 0.15) is 39.7 Å². The van der Waals surface area contributed by atoms with Gasteiger partial charge in [-0.15, -0.1) is 0 Å². The number of benzene rings is 1. The van der Waals surface area contributed by atoms with Gasteiger partial charge in [-0.2, -0.15) is 0 Å². The SMILES string of the molecule is CCCN[C@H]1CS(=O)(=O)C[C@@H]1S(=O)(=O)c1ccc(C(C)(C)C)cc1. The maximum Gasteiger partial charge on any atom is 0.183 e. The van der Waals surface area contributed by atoms with Crippen LogP contribution >= 0.6 is 0 Å². The van der Waals surface area contributed by atoms with E-state index in [9.17, 15) is 16.8 Å². The molecule has 1 aromatic carbocycles. The highest BCUT2D eigenvalue weighted by atomic mass is 32.2. The molecule has 1 aromatic rings. The third-order valence-corrected chi connectivity index (χ3v) is 8.57. The zero-order valence-electron chi connectivity index (χ0n) is 14.7. The second kappa shape index (κ2) is 6.77. The van der Waals surface area contributed by atoms with Crippen molar-refractivity contribution in [3.05, 3.63) is 29.8 Å². The summed E-state index contributed by atoms with van der Waals surface area (Å²) in [6.45, 7) is 8.75. The summed E-state index contributed by atoms with van der Waals surface area (Å²) in [7, 11) is -7.03. The summed E-state index contributed by atoms with van der Waals surface area (Å²) in [5.74, 6) is -0.422. The Labute approximate surface area is 145 Å². The molecule has 0 aromatic heterocycles. The first-order valence-corrected chi connectivity index (χ1v) is 11.6. The normalized spacial score (nSPS) is 24.2. The first kappa shape index (κ1) is 19.4. The van der Waals surface area contributed by atoms with E-state index in [-0.39, 0.29) is 21.8 Å². The van der Waals surface area contributed by atoms with Gasteiger partial charge in [-0.25, -0.2) is 16.8 Å². The van der Waals surface area contributed by atoms with Crippen LogP contribution in [0.2, 0.25) is 0 Å². The summed E-state index contributed by atoms with van der Waals surface area (Å²) in [6, 6.07) is 6.27. The van der Waals surface area contributed by atoms with E-state index in [1.165, 1.54) is 0 Å². The molecule has 0 spiro atoms. The second-order valence-electron chi connectivity index (χ2n) is 7.50. The molecule has 2 atom stereocenters. The van der Waals surface area contributed by atoms with Gasteiger partial charge >= 0.3 is 0 Å². The van der Waals surface area contributed by atoms with Crippen LogP contribution in [-0.2, 0) is 25.1 Å². The number of hydrogen-bond donors (Lipinski definition) is 1. The molecule has 5 nitrogen and oxygen atoms in total. The Morgan fingerprint density at radius 2 is 1.71 bits per heavy atom. The molecule has 0 saturated carbocycles. The van der Waals surface area contributed by atoms with Gasteiger partial charge in [-0.3, -0.25) is 0 Å². The number of rotatable bonds is 5. The Balaban J connectivity index is 2.34. The second-order valence-corrected chi connectivity index (χ2v) is 11.8. The molecule has 1 N–H and O–H groups in total. The van der Waals surface area contributed by atoms with Crippen molar-refractivity contribution in [2.75, 3.05) is 18.1 Å². The van der Waals surface area contributed by atoms with Crippen molar-refractivity contribution < 1.29 is 16.8 Å². The van der Waals surface area contributed by atoms with Crippen molar-refractivity contribution in [2.45, 2.75) is 55.7 Å². The van der Waals surface area contributed by atoms with Crippen LogP contribution < -0.4 is 5.32 Å². The minimum absolute atomic E-state index is 0.0653. The fourth-order valence-electron chi connectivity index (χ4n) is 2.96. The Hall–Kier alpha value is -0.920. The number of hydrogen-bond acceptors (Lipinski definition) is 5. The largest absolute Gasteiger partial charge is 0.312 e. The number of sulfone groups is 2. The molecule has 1 aliphatic rings. The molecule has 1 saturated heterocycles. The van der Waals surface area contributed by atoms with E-state index in [1.54, 1.807) is 12.1 Å². The lowest BCUT2D eigenvalue weighted by molar-refractivity contribution is 0.525. The molecular weight excluding hydrogens is 346 g/mol. The van der Waals surface area contributed by atoms with Gasteiger partial charge in [0.25, 0.3) is 0 Å². The average Bonchev–Trinajstić information content (AvgIpc) is 2.80. The van der Waals surface area contributed by atoms with Gasteiger partial charge in [0.2, 0.25) is 0 Å². The van der Waals surface area contributed by atoms with Crippen LogP contribution in [0.3, 0.4) is 0 Å². The third kappa shape index (κ3) is 4.18. The first-order chi connectivity index (χ1) is 11.0. The molecule has 136 valence electrons. The fraction of sp³-hybridized carbons (Fsp3) is 0.647. The minimum Gasteiger partial charge on any atom is -0.312 e. The fourth-order valence-corrected chi connectivity index (χ4v) is 7.68. The summed E-state index contributed by atoms with van der Waals surface area (Å²) >= 11 is 0. The van der Waals surface area contributed by atoms with Gasteiger partial charge in [-0.05, 0) is 36.1 Å². The van der Waals surface area contributed by atoms with Crippen LogP contribution in [0.5, 0.6) is 0 Å². The molecule has 0 unspecified atom stereocenters. The lowest BCUT2D eigenvalue weighted by Crippen LogP contribution is -2.43. The van der Waals surface area contributed by atoms with Crippen molar-refractivity contribution >= 4 is 19.7 Å². The van der Waals surface area contributed by atoms with Gasteiger partial charge < -0.3 is 5.32 Å². The zero-order chi connectivity index (χ0) is 18.2. The average molecular weight is 374 g/mol. The first-order valence-electron chi connectivity index (χ1n) is 8.25. The molecule has 24 heavy (non-hydrogen) atoms. The van der Waals surface area contributed by atoms with Crippen molar-refractivity contribution in [1.29, 1.82) is 0 Å². The molecule has 0 amide bonds. The number of nitrogens with one attached hydrogen (secondary N) is 1. The smallest absolute Gasteiger partial charge is 0.183 e. The quantitative estimate of drug-likeness (QED) is 0.853. The van der Waals surface area contributed by atoms with Crippen molar-refractivity contribution in [3.8, 4) is 0 Å². The van der Waals surface area contributed by atoms with Crippen LogP contribution in [0, 0.1) is 0 Å². The van der Waals surface area contributed by atoms with E-state index in [0.29, 0.717) is 6.54 Å². The third-order valence-electron chi connectivity index (χ3n) is 4.40. The molecular formula is C17H27NO4S2. The maximum absolute atomic E-state index is 13.0. The Morgan fingerprint density at radius 1 is 1.12 bits per heavy atom. The van der Waals surface area contributed by atoms with E-state index >= 15 is 0 Å². The summed E-state index contributed by atoms with van der Waals surface area (Å²) in [4.78, 5) is 0.195. The molecule has 7 heteroatoms. The molecule has 1 aliphatic heterocycles. The van der Waals surface area contributed by atoms with Crippen LogP contribution in [-0.4, -0.2) is 46.2 Å². The summed E-state index contributed by atoms with van der Waals surface area (Å²) < 4.78 is 49.9.